The number of piperidine rings is 1. The van der Waals surface area contributed by atoms with Crippen LogP contribution >= 0.6 is 0 Å². The van der Waals surface area contributed by atoms with Crippen LogP contribution in [0.4, 0.5) is 5.82 Å². The summed E-state index contributed by atoms with van der Waals surface area (Å²) in [5.74, 6) is -0.168. The van der Waals surface area contributed by atoms with Crippen molar-refractivity contribution in [1.82, 2.24) is 34.3 Å². The molecule has 2 saturated heterocycles. The molecule has 0 aliphatic carbocycles. The van der Waals surface area contributed by atoms with E-state index < -0.39 is 6.61 Å². The lowest BCUT2D eigenvalue weighted by Gasteiger charge is -2.39. The second-order valence-corrected chi connectivity index (χ2v) is 9.93. The number of nitrogens with two attached hydrogens (primary N) is 1. The van der Waals surface area contributed by atoms with E-state index in [4.69, 9.17) is 10.7 Å². The minimum atomic E-state index is -0.486. The molecule has 2 fully saturated rings. The van der Waals surface area contributed by atoms with Gasteiger partial charge in [-0.3, -0.25) is 19.3 Å². The molecule has 11 nitrogen and oxygen atoms in total. The molecular formula is C26H28N8O3. The molecule has 0 spiro atoms. The van der Waals surface area contributed by atoms with Crippen molar-refractivity contribution in [3.05, 3.63) is 48.0 Å². The van der Waals surface area contributed by atoms with Gasteiger partial charge < -0.3 is 15.7 Å². The number of carbonyl (C=O) groups excluding carboxylic acids is 2. The molecule has 3 atom stereocenters. The van der Waals surface area contributed by atoms with E-state index in [0.29, 0.717) is 29.7 Å². The van der Waals surface area contributed by atoms with Crippen LogP contribution in [0.1, 0.15) is 54.6 Å². The van der Waals surface area contributed by atoms with Crippen LogP contribution in [0.3, 0.4) is 0 Å². The summed E-state index contributed by atoms with van der Waals surface area (Å²) >= 11 is 0. The first kappa shape index (κ1) is 23.3. The maximum Gasteiger partial charge on any atom is 0.248 e. The molecule has 2 aliphatic heterocycles. The van der Waals surface area contributed by atoms with Gasteiger partial charge in [0.05, 0.1) is 23.1 Å². The number of Topliss-reactive ketones (excluding diaryl/α,β-unsaturated/α-hetero) is 1. The van der Waals surface area contributed by atoms with Gasteiger partial charge in [0.25, 0.3) is 0 Å². The SMILES string of the molecule is CC(=O)c1c(C2C[C@H]3CC[C@@H](C2)N3C(=O)CO)nc2c(-c3ccc(-c4ccn(C)n4)nc3)cnn2c1N. The second-order valence-electron chi connectivity index (χ2n) is 9.93. The Kier molecular flexibility index (Phi) is 5.52. The maximum atomic E-state index is 12.7. The summed E-state index contributed by atoms with van der Waals surface area (Å²) in [5.41, 5.74) is 11.3. The van der Waals surface area contributed by atoms with Gasteiger partial charge in [-0.1, -0.05) is 6.07 Å². The highest BCUT2D eigenvalue weighted by molar-refractivity contribution is 6.00. The Morgan fingerprint density at radius 3 is 2.46 bits per heavy atom. The van der Waals surface area contributed by atoms with Crippen molar-refractivity contribution in [2.45, 2.75) is 50.6 Å². The van der Waals surface area contributed by atoms with Gasteiger partial charge in [-0.25, -0.2) is 4.98 Å². The van der Waals surface area contributed by atoms with Gasteiger partial charge in [-0.05, 0) is 44.7 Å². The van der Waals surface area contributed by atoms with Crippen LogP contribution in [0.15, 0.2) is 36.8 Å². The molecule has 4 aromatic rings. The van der Waals surface area contributed by atoms with E-state index >= 15 is 0 Å². The van der Waals surface area contributed by atoms with Crippen LogP contribution in [0.25, 0.3) is 28.2 Å². The molecule has 190 valence electrons. The Morgan fingerprint density at radius 2 is 1.86 bits per heavy atom. The zero-order chi connectivity index (χ0) is 25.8. The molecule has 1 unspecified atom stereocenters. The monoisotopic (exact) mass is 500 g/mol. The van der Waals surface area contributed by atoms with Crippen molar-refractivity contribution >= 4 is 23.2 Å². The quantitative estimate of drug-likeness (QED) is 0.397. The summed E-state index contributed by atoms with van der Waals surface area (Å²) in [5, 5.41) is 18.3. The van der Waals surface area contributed by atoms with Crippen molar-refractivity contribution < 1.29 is 14.7 Å². The minimum Gasteiger partial charge on any atom is -0.387 e. The molecule has 37 heavy (non-hydrogen) atoms. The molecule has 6 rings (SSSR count). The Labute approximate surface area is 212 Å². The number of rotatable bonds is 5. The van der Waals surface area contributed by atoms with Crippen molar-refractivity contribution in [3.63, 3.8) is 0 Å². The van der Waals surface area contributed by atoms with Gasteiger partial charge >= 0.3 is 0 Å². The van der Waals surface area contributed by atoms with Crippen molar-refractivity contribution in [3.8, 4) is 22.5 Å². The first-order chi connectivity index (χ1) is 17.9. The zero-order valence-corrected chi connectivity index (χ0v) is 20.7. The summed E-state index contributed by atoms with van der Waals surface area (Å²) in [7, 11) is 1.86. The number of aromatic nitrogens is 6. The lowest BCUT2D eigenvalue weighted by atomic mass is 9.85. The standard InChI is InChI=1S/C26H28N8O3/c1-14(36)23-24(16-9-17-4-5-18(10-16)33(17)22(37)13-35)30-26-19(12-29-34(26)25(23)27)15-3-6-20(28-11-15)21-7-8-32(2)31-21/h3,6-8,11-12,16-18,35H,4-5,9-10,13,27H2,1-2H3/t16?,17-,18+. The number of aryl methyl sites for hydroxylation is 1. The number of pyridine rings is 1. The molecule has 1 amide bonds. The maximum absolute atomic E-state index is 12.7. The van der Waals surface area contributed by atoms with Gasteiger partial charge in [0, 0.05) is 48.6 Å². The third-order valence-corrected chi connectivity index (χ3v) is 7.66. The normalized spacial score (nSPS) is 21.1. The third kappa shape index (κ3) is 3.77. The number of nitrogen functional groups attached to an aromatic ring is 1. The molecule has 3 N–H and O–H groups in total. The predicted octanol–water partition coefficient (Wildman–Crippen LogP) is 2.21. The van der Waals surface area contributed by atoms with Crippen LogP contribution in [-0.2, 0) is 11.8 Å². The molecule has 6 heterocycles. The van der Waals surface area contributed by atoms with Crippen molar-refractivity contribution in [1.29, 1.82) is 0 Å². The third-order valence-electron chi connectivity index (χ3n) is 7.66. The topological polar surface area (TPSA) is 145 Å². The van der Waals surface area contributed by atoms with E-state index in [9.17, 15) is 14.7 Å². The van der Waals surface area contributed by atoms with E-state index in [2.05, 4.69) is 15.2 Å². The number of anilines is 1. The fourth-order valence-electron chi connectivity index (χ4n) is 6.04. The summed E-state index contributed by atoms with van der Waals surface area (Å²) < 4.78 is 3.24. The van der Waals surface area contributed by atoms with Crippen LogP contribution in [0, 0.1) is 0 Å². The predicted molar refractivity (Wildman–Crippen MR) is 136 cm³/mol. The number of amides is 1. The van der Waals surface area contributed by atoms with E-state index in [1.165, 1.54) is 11.4 Å². The number of hydrogen-bond donors (Lipinski definition) is 2. The van der Waals surface area contributed by atoms with E-state index in [1.54, 1.807) is 17.1 Å². The van der Waals surface area contributed by atoms with Crippen molar-refractivity contribution in [2.75, 3.05) is 12.3 Å². The average molecular weight is 501 g/mol. The molecular weight excluding hydrogens is 472 g/mol. The Balaban J connectivity index is 1.41. The number of ketones is 1. The van der Waals surface area contributed by atoms with Crippen molar-refractivity contribution in [2.24, 2.45) is 7.05 Å². The Hall–Kier alpha value is -4.12. The highest BCUT2D eigenvalue weighted by Crippen LogP contribution is 2.44. The van der Waals surface area contributed by atoms with E-state index in [0.717, 1.165) is 35.4 Å². The fourth-order valence-corrected chi connectivity index (χ4v) is 6.04. The molecule has 2 aliphatic rings. The summed E-state index contributed by atoms with van der Waals surface area (Å²) in [6.07, 6.45) is 8.43. The molecule has 0 saturated carbocycles. The number of nitrogens with zero attached hydrogens (tertiary/aromatic N) is 7. The number of fused-ring (bicyclic) bond motifs is 3. The number of aliphatic hydroxyl groups is 1. The summed E-state index contributed by atoms with van der Waals surface area (Å²) in [4.78, 5) is 36.5. The molecule has 4 aromatic heterocycles. The minimum absolute atomic E-state index is 0.0233. The molecule has 11 heteroatoms. The number of aliphatic hydroxyl groups excluding tert-OH is 1. The molecule has 0 radical (unpaired) electrons. The fraction of sp³-hybridized carbons (Fsp3) is 0.385. The largest absolute Gasteiger partial charge is 0.387 e. The number of hydrogen-bond acceptors (Lipinski definition) is 8. The molecule has 0 aromatic carbocycles. The van der Waals surface area contributed by atoms with Gasteiger partial charge in [-0.15, -0.1) is 0 Å². The average Bonchev–Trinajstić information content (AvgIpc) is 3.59. The molecule has 2 bridgehead atoms. The highest BCUT2D eigenvalue weighted by atomic mass is 16.3. The van der Waals surface area contributed by atoms with E-state index in [-0.39, 0.29) is 35.5 Å². The summed E-state index contributed by atoms with van der Waals surface area (Å²) in [6, 6.07) is 5.80. The smallest absolute Gasteiger partial charge is 0.248 e. The summed E-state index contributed by atoms with van der Waals surface area (Å²) in [6.45, 7) is 1.01. The van der Waals surface area contributed by atoms with Gasteiger partial charge in [0.15, 0.2) is 11.4 Å². The first-order valence-electron chi connectivity index (χ1n) is 12.4. The lowest BCUT2D eigenvalue weighted by molar-refractivity contribution is -0.138. The second kappa shape index (κ2) is 8.77. The van der Waals surface area contributed by atoms with Gasteiger partial charge in [-0.2, -0.15) is 14.7 Å². The van der Waals surface area contributed by atoms with Crippen LogP contribution in [0.5, 0.6) is 0 Å². The van der Waals surface area contributed by atoms with E-state index in [1.807, 2.05) is 36.3 Å². The Morgan fingerprint density at radius 1 is 1.11 bits per heavy atom. The van der Waals surface area contributed by atoms with Crippen LogP contribution in [-0.4, -0.2) is 69.7 Å². The van der Waals surface area contributed by atoms with Gasteiger partial charge in [0.2, 0.25) is 5.91 Å². The zero-order valence-electron chi connectivity index (χ0n) is 20.7. The van der Waals surface area contributed by atoms with Crippen LogP contribution in [0.2, 0.25) is 0 Å². The first-order valence-corrected chi connectivity index (χ1v) is 12.4. The van der Waals surface area contributed by atoms with Crippen LogP contribution < -0.4 is 5.73 Å². The van der Waals surface area contributed by atoms with Gasteiger partial charge in [0.1, 0.15) is 18.1 Å². The highest BCUT2D eigenvalue weighted by Gasteiger charge is 2.44. The lowest BCUT2D eigenvalue weighted by Crippen LogP contribution is -2.47. The number of carbonyl (C=O) groups is 2. The Bertz CT molecular complexity index is 1510.